The molecule has 1 heterocycles. The van der Waals surface area contributed by atoms with E-state index >= 15 is 0 Å². The second kappa shape index (κ2) is 7.58. The molecule has 0 fully saturated rings. The van der Waals surface area contributed by atoms with Crippen LogP contribution < -0.4 is 0 Å². The van der Waals surface area contributed by atoms with Crippen molar-refractivity contribution in [2.45, 2.75) is 6.54 Å². The first-order chi connectivity index (χ1) is 9.85. The number of hydrogen-bond acceptors (Lipinski definition) is 5. The number of aliphatic imine (C=N–C) groups is 1. The summed E-state index contributed by atoms with van der Waals surface area (Å²) in [6.07, 6.45) is 3.06. The number of amidine groups is 1. The molecular weight excluding hydrogens is 294 g/mol. The third-order valence-corrected chi connectivity index (χ3v) is 2.81. The van der Waals surface area contributed by atoms with E-state index in [1.54, 1.807) is 43.2 Å². The number of aromatic nitrogens is 1. The lowest BCUT2D eigenvalue weighted by Crippen LogP contribution is -2.31. The molecule has 0 aliphatic heterocycles. The Labute approximate surface area is 128 Å². The summed E-state index contributed by atoms with van der Waals surface area (Å²) in [4.78, 5) is 22.1. The molecule has 0 unspecified atom stereocenters. The molecular formula is C13H18ClN5O2. The van der Waals surface area contributed by atoms with Crippen LogP contribution in [0.3, 0.4) is 0 Å². The van der Waals surface area contributed by atoms with Gasteiger partial charge in [-0.1, -0.05) is 17.7 Å². The van der Waals surface area contributed by atoms with Gasteiger partial charge in [-0.3, -0.25) is 15.1 Å². The van der Waals surface area contributed by atoms with Crippen LogP contribution in [0.4, 0.5) is 0 Å². The van der Waals surface area contributed by atoms with Crippen molar-refractivity contribution >= 4 is 17.4 Å². The number of pyridine rings is 1. The maximum atomic E-state index is 11.2. The van der Waals surface area contributed by atoms with Crippen LogP contribution in [0.15, 0.2) is 35.2 Å². The Kier molecular flexibility index (Phi) is 6.10. The van der Waals surface area contributed by atoms with E-state index < -0.39 is 4.92 Å². The predicted octanol–water partition coefficient (Wildman–Crippen LogP) is 1.87. The van der Waals surface area contributed by atoms with E-state index in [-0.39, 0.29) is 5.70 Å². The Balaban J connectivity index is 2.98. The summed E-state index contributed by atoms with van der Waals surface area (Å²) in [5, 5.41) is 11.6. The Morgan fingerprint density at radius 3 is 2.57 bits per heavy atom. The molecule has 0 spiro atoms. The molecule has 0 aliphatic carbocycles. The third kappa shape index (κ3) is 5.03. The number of rotatable bonds is 5. The predicted molar refractivity (Wildman–Crippen MR) is 82.8 cm³/mol. The highest BCUT2D eigenvalue weighted by Crippen LogP contribution is 2.11. The van der Waals surface area contributed by atoms with Crippen molar-refractivity contribution in [1.82, 2.24) is 14.8 Å². The van der Waals surface area contributed by atoms with E-state index in [0.29, 0.717) is 17.5 Å². The van der Waals surface area contributed by atoms with Crippen LogP contribution in [-0.2, 0) is 6.54 Å². The van der Waals surface area contributed by atoms with Gasteiger partial charge in [0.15, 0.2) is 0 Å². The fourth-order valence-electron chi connectivity index (χ4n) is 1.76. The van der Waals surface area contributed by atoms with Gasteiger partial charge in [-0.2, -0.15) is 0 Å². The average molecular weight is 312 g/mol. The van der Waals surface area contributed by atoms with Crippen LogP contribution in [-0.4, -0.2) is 53.7 Å². The zero-order valence-electron chi connectivity index (χ0n) is 12.4. The van der Waals surface area contributed by atoms with Gasteiger partial charge in [-0.25, -0.2) is 4.98 Å². The largest absolute Gasteiger partial charge is 0.378 e. The van der Waals surface area contributed by atoms with Crippen molar-refractivity contribution in [3.8, 4) is 0 Å². The van der Waals surface area contributed by atoms with Gasteiger partial charge in [0.1, 0.15) is 5.15 Å². The summed E-state index contributed by atoms with van der Waals surface area (Å²) >= 11 is 5.73. The molecule has 0 bridgehead atoms. The van der Waals surface area contributed by atoms with Gasteiger partial charge < -0.3 is 9.80 Å². The van der Waals surface area contributed by atoms with E-state index in [4.69, 9.17) is 11.6 Å². The van der Waals surface area contributed by atoms with Crippen LogP contribution >= 0.6 is 11.6 Å². The van der Waals surface area contributed by atoms with Gasteiger partial charge in [-0.05, 0) is 11.6 Å². The van der Waals surface area contributed by atoms with Crippen molar-refractivity contribution in [2.75, 3.05) is 28.2 Å². The standard InChI is InChI=1S/C13H18ClN5O2/c1-15-13(11(19(20)21)9-17(2)3)18(4)8-10-5-6-12(14)16-7-10/h5-7,9H,8H2,1-4H3/b11-9+,15-13?. The van der Waals surface area contributed by atoms with Crippen molar-refractivity contribution in [3.63, 3.8) is 0 Å². The highest BCUT2D eigenvalue weighted by atomic mass is 35.5. The van der Waals surface area contributed by atoms with Crippen LogP contribution in [0.1, 0.15) is 5.56 Å². The molecule has 1 aromatic heterocycles. The Hall–Kier alpha value is -2.15. The minimum absolute atomic E-state index is 0.0630. The zero-order valence-corrected chi connectivity index (χ0v) is 13.2. The number of halogens is 1. The number of hydrogen-bond donors (Lipinski definition) is 0. The van der Waals surface area contributed by atoms with Crippen molar-refractivity contribution < 1.29 is 4.92 Å². The summed E-state index contributed by atoms with van der Waals surface area (Å²) in [6.45, 7) is 0.440. The summed E-state index contributed by atoms with van der Waals surface area (Å²) in [6, 6.07) is 3.50. The quantitative estimate of drug-likeness (QED) is 0.273. The summed E-state index contributed by atoms with van der Waals surface area (Å²) in [5.74, 6) is 0.295. The zero-order chi connectivity index (χ0) is 16.0. The Morgan fingerprint density at radius 2 is 2.14 bits per heavy atom. The highest BCUT2D eigenvalue weighted by molar-refractivity contribution is 6.29. The minimum atomic E-state index is -0.445. The first kappa shape index (κ1) is 16.9. The van der Waals surface area contributed by atoms with E-state index in [1.165, 1.54) is 13.2 Å². The van der Waals surface area contributed by atoms with Crippen molar-refractivity contribution in [3.05, 3.63) is 51.1 Å². The lowest BCUT2D eigenvalue weighted by Gasteiger charge is -2.19. The van der Waals surface area contributed by atoms with Gasteiger partial charge in [-0.15, -0.1) is 0 Å². The van der Waals surface area contributed by atoms with Gasteiger partial charge in [0, 0.05) is 40.9 Å². The Morgan fingerprint density at radius 1 is 1.48 bits per heavy atom. The molecule has 0 N–H and O–H groups in total. The van der Waals surface area contributed by atoms with Crippen LogP contribution in [0, 0.1) is 10.1 Å². The molecule has 0 atom stereocenters. The molecule has 8 heteroatoms. The molecule has 1 aromatic rings. The first-order valence-corrected chi connectivity index (χ1v) is 6.54. The van der Waals surface area contributed by atoms with Crippen LogP contribution in [0.2, 0.25) is 5.15 Å². The third-order valence-electron chi connectivity index (χ3n) is 2.59. The second-order valence-electron chi connectivity index (χ2n) is 4.63. The van der Waals surface area contributed by atoms with E-state index in [2.05, 4.69) is 9.98 Å². The molecule has 0 saturated carbocycles. The molecule has 0 aliphatic rings. The maximum absolute atomic E-state index is 11.2. The van der Waals surface area contributed by atoms with Gasteiger partial charge in [0.2, 0.25) is 5.84 Å². The molecule has 0 saturated heterocycles. The smallest absolute Gasteiger partial charge is 0.326 e. The van der Waals surface area contributed by atoms with Gasteiger partial charge in [0.05, 0.1) is 11.1 Å². The number of likely N-dealkylation sites (N-methyl/N-ethyl adjacent to an activating group) is 1. The lowest BCUT2D eigenvalue weighted by molar-refractivity contribution is -0.416. The first-order valence-electron chi connectivity index (χ1n) is 6.16. The molecule has 114 valence electrons. The van der Waals surface area contributed by atoms with Crippen LogP contribution in [0.25, 0.3) is 0 Å². The summed E-state index contributed by atoms with van der Waals surface area (Å²) in [5.41, 5.74) is 0.822. The molecule has 7 nitrogen and oxygen atoms in total. The van der Waals surface area contributed by atoms with E-state index in [1.807, 2.05) is 6.07 Å². The molecule has 0 radical (unpaired) electrons. The van der Waals surface area contributed by atoms with E-state index in [9.17, 15) is 10.1 Å². The number of nitro groups is 1. The topological polar surface area (TPSA) is 74.9 Å². The fourth-order valence-corrected chi connectivity index (χ4v) is 1.87. The minimum Gasteiger partial charge on any atom is -0.378 e. The monoisotopic (exact) mass is 311 g/mol. The van der Waals surface area contributed by atoms with Gasteiger partial charge >= 0.3 is 5.70 Å². The van der Waals surface area contributed by atoms with Crippen molar-refractivity contribution in [2.24, 2.45) is 4.99 Å². The number of nitrogens with zero attached hydrogens (tertiary/aromatic N) is 5. The Bertz CT molecular complexity index is 554. The normalized spacial score (nSPS) is 12.2. The second-order valence-corrected chi connectivity index (χ2v) is 5.01. The van der Waals surface area contributed by atoms with Crippen LogP contribution in [0.5, 0.6) is 0 Å². The molecule has 0 aromatic carbocycles. The highest BCUT2D eigenvalue weighted by Gasteiger charge is 2.23. The van der Waals surface area contributed by atoms with Crippen molar-refractivity contribution in [1.29, 1.82) is 0 Å². The molecule has 1 rings (SSSR count). The lowest BCUT2D eigenvalue weighted by atomic mass is 10.2. The average Bonchev–Trinajstić information content (AvgIpc) is 2.40. The van der Waals surface area contributed by atoms with Gasteiger partial charge in [0.25, 0.3) is 0 Å². The molecule has 21 heavy (non-hydrogen) atoms. The maximum Gasteiger partial charge on any atom is 0.326 e. The fraction of sp³-hybridized carbons (Fsp3) is 0.385. The summed E-state index contributed by atoms with van der Waals surface area (Å²) < 4.78 is 0. The SMILES string of the molecule is CN=C(/C(=C\N(C)C)[N+](=O)[O-])N(C)Cc1ccc(Cl)nc1. The molecule has 0 amide bonds. The van der Waals surface area contributed by atoms with E-state index in [0.717, 1.165) is 5.56 Å². The summed E-state index contributed by atoms with van der Waals surface area (Å²) in [7, 11) is 6.71.